The number of halogens is 1. The number of rotatable bonds is 9. The Morgan fingerprint density at radius 3 is 2.75 bits per heavy atom. The van der Waals surface area contributed by atoms with Crippen LogP contribution < -0.4 is 5.32 Å². The number of unbranched alkanes of at least 4 members (excludes halogenated alkanes) is 1. The highest BCUT2D eigenvalue weighted by Gasteiger charge is 2.11. The summed E-state index contributed by atoms with van der Waals surface area (Å²) in [6.45, 7) is 8.85. The van der Waals surface area contributed by atoms with E-state index in [-0.39, 0.29) is 11.6 Å². The average molecular weight is 277 g/mol. The highest BCUT2D eigenvalue weighted by atomic mass is 19.1. The van der Waals surface area contributed by atoms with Crippen molar-refractivity contribution in [3.8, 4) is 0 Å². The zero-order valence-electron chi connectivity index (χ0n) is 12.5. The van der Waals surface area contributed by atoms with Crippen molar-refractivity contribution in [2.24, 2.45) is 0 Å². The molecule has 0 aliphatic heterocycles. The Kier molecular flexibility index (Phi) is 6.99. The summed E-state index contributed by atoms with van der Waals surface area (Å²) in [6, 6.07) is 4.46. The monoisotopic (exact) mass is 277 g/mol. The van der Waals surface area contributed by atoms with Crippen molar-refractivity contribution in [3.63, 3.8) is 0 Å². The molecule has 0 saturated carbocycles. The Labute approximate surface area is 121 Å². The van der Waals surface area contributed by atoms with Gasteiger partial charge in [-0.1, -0.05) is 32.9 Å². The van der Waals surface area contributed by atoms with E-state index in [9.17, 15) is 9.18 Å². The molecule has 0 radical (unpaired) electrons. The quantitative estimate of drug-likeness (QED) is 0.540. The van der Waals surface area contributed by atoms with Crippen molar-refractivity contribution >= 4 is 5.78 Å². The first-order valence-corrected chi connectivity index (χ1v) is 7.31. The third-order valence-corrected chi connectivity index (χ3v) is 3.29. The maximum Gasteiger partial charge on any atom is 0.162 e. The van der Waals surface area contributed by atoms with Gasteiger partial charge in [0.15, 0.2) is 5.78 Å². The van der Waals surface area contributed by atoms with E-state index in [0.717, 1.165) is 37.1 Å². The zero-order valence-corrected chi connectivity index (χ0v) is 12.5. The number of Topliss-reactive ketones (excluding diaryl/α,β-unsaturated/α-hetero) is 1. The summed E-state index contributed by atoms with van der Waals surface area (Å²) >= 11 is 0. The molecule has 0 heterocycles. The standard InChI is InChI=1S/C17H24FNO/c1-4-6-11-19-13(3)7-8-14-9-10-15(18)12-16(14)17(20)5-2/h9-10,12,19H,3-8,11H2,1-2H3. The SMILES string of the molecule is C=C(CCc1ccc(F)cc1C(=O)CC)NCCCC. The van der Waals surface area contributed by atoms with E-state index >= 15 is 0 Å². The molecule has 3 heteroatoms. The van der Waals surface area contributed by atoms with Crippen LogP contribution in [0.25, 0.3) is 0 Å². The summed E-state index contributed by atoms with van der Waals surface area (Å²) in [5, 5.41) is 3.27. The summed E-state index contributed by atoms with van der Waals surface area (Å²) < 4.78 is 13.3. The highest BCUT2D eigenvalue weighted by molar-refractivity contribution is 5.97. The maximum atomic E-state index is 13.3. The molecule has 0 atom stereocenters. The fourth-order valence-electron chi connectivity index (χ4n) is 2.03. The Hall–Kier alpha value is -1.64. The molecule has 1 N–H and O–H groups in total. The lowest BCUT2D eigenvalue weighted by atomic mass is 9.97. The van der Waals surface area contributed by atoms with Gasteiger partial charge in [0.05, 0.1) is 0 Å². The summed E-state index contributed by atoms with van der Waals surface area (Å²) in [5.41, 5.74) is 2.38. The lowest BCUT2D eigenvalue weighted by Gasteiger charge is -2.11. The van der Waals surface area contributed by atoms with E-state index in [1.165, 1.54) is 12.1 Å². The first kappa shape index (κ1) is 16.4. The highest BCUT2D eigenvalue weighted by Crippen LogP contribution is 2.16. The largest absolute Gasteiger partial charge is 0.389 e. The molecule has 0 aliphatic carbocycles. The van der Waals surface area contributed by atoms with Crippen LogP contribution in [-0.2, 0) is 6.42 Å². The number of nitrogens with one attached hydrogen (secondary N) is 1. The number of ketones is 1. The number of allylic oxidation sites excluding steroid dienone is 1. The molecule has 0 spiro atoms. The predicted octanol–water partition coefficient (Wildman–Crippen LogP) is 4.25. The molecule has 0 fully saturated rings. The minimum Gasteiger partial charge on any atom is -0.389 e. The molecule has 0 bridgehead atoms. The number of carbonyl (C=O) groups excluding carboxylic acids is 1. The second-order valence-corrected chi connectivity index (χ2v) is 4.96. The molecule has 110 valence electrons. The maximum absolute atomic E-state index is 13.3. The number of benzene rings is 1. The van der Waals surface area contributed by atoms with Crippen LogP contribution in [0, 0.1) is 5.82 Å². The topological polar surface area (TPSA) is 29.1 Å². The summed E-state index contributed by atoms with van der Waals surface area (Å²) in [6.07, 6.45) is 4.13. The van der Waals surface area contributed by atoms with Gasteiger partial charge >= 0.3 is 0 Å². The Balaban J connectivity index is 2.63. The normalized spacial score (nSPS) is 10.3. The average Bonchev–Trinajstić information content (AvgIpc) is 2.45. The van der Waals surface area contributed by atoms with Gasteiger partial charge in [-0.2, -0.15) is 0 Å². The molecule has 0 aromatic heterocycles. The van der Waals surface area contributed by atoms with E-state index < -0.39 is 0 Å². The van der Waals surface area contributed by atoms with Crippen LogP contribution in [0.1, 0.15) is 55.5 Å². The van der Waals surface area contributed by atoms with E-state index in [4.69, 9.17) is 0 Å². The van der Waals surface area contributed by atoms with E-state index in [0.29, 0.717) is 18.4 Å². The first-order chi connectivity index (χ1) is 9.58. The lowest BCUT2D eigenvalue weighted by Crippen LogP contribution is -2.14. The van der Waals surface area contributed by atoms with Gasteiger partial charge in [-0.25, -0.2) is 4.39 Å². The lowest BCUT2D eigenvalue weighted by molar-refractivity contribution is 0.0987. The van der Waals surface area contributed by atoms with Gasteiger partial charge in [-0.05, 0) is 37.0 Å². The number of hydrogen-bond acceptors (Lipinski definition) is 2. The van der Waals surface area contributed by atoms with Gasteiger partial charge < -0.3 is 5.32 Å². The van der Waals surface area contributed by atoms with Crippen LogP contribution in [0.5, 0.6) is 0 Å². The fraction of sp³-hybridized carbons (Fsp3) is 0.471. The van der Waals surface area contributed by atoms with Gasteiger partial charge in [-0.3, -0.25) is 4.79 Å². The van der Waals surface area contributed by atoms with Gasteiger partial charge in [0, 0.05) is 24.2 Å². The first-order valence-electron chi connectivity index (χ1n) is 7.31. The smallest absolute Gasteiger partial charge is 0.162 e. The van der Waals surface area contributed by atoms with Crippen molar-refractivity contribution in [2.45, 2.75) is 46.0 Å². The number of carbonyl (C=O) groups is 1. The second kappa shape index (κ2) is 8.51. The van der Waals surface area contributed by atoms with Crippen LogP contribution in [0.15, 0.2) is 30.5 Å². The third kappa shape index (κ3) is 5.16. The van der Waals surface area contributed by atoms with Crippen LogP contribution >= 0.6 is 0 Å². The molecule has 0 aliphatic rings. The van der Waals surface area contributed by atoms with Crippen molar-refractivity contribution in [2.75, 3.05) is 6.54 Å². The molecule has 0 amide bonds. The van der Waals surface area contributed by atoms with E-state index in [1.807, 2.05) is 0 Å². The van der Waals surface area contributed by atoms with Crippen LogP contribution in [-0.4, -0.2) is 12.3 Å². The summed E-state index contributed by atoms with van der Waals surface area (Å²) in [7, 11) is 0. The number of hydrogen-bond donors (Lipinski definition) is 1. The van der Waals surface area contributed by atoms with Crippen LogP contribution in [0.2, 0.25) is 0 Å². The molecule has 0 saturated heterocycles. The molecular formula is C17H24FNO. The Bertz CT molecular complexity index is 468. The summed E-state index contributed by atoms with van der Waals surface area (Å²) in [5.74, 6) is -0.366. The van der Waals surface area contributed by atoms with Crippen LogP contribution in [0.4, 0.5) is 4.39 Å². The Morgan fingerprint density at radius 1 is 1.35 bits per heavy atom. The van der Waals surface area contributed by atoms with Crippen molar-refractivity contribution in [1.29, 1.82) is 0 Å². The molecule has 1 rings (SSSR count). The molecule has 2 nitrogen and oxygen atoms in total. The van der Waals surface area contributed by atoms with E-state index in [2.05, 4.69) is 18.8 Å². The van der Waals surface area contributed by atoms with Crippen molar-refractivity contribution in [3.05, 3.63) is 47.4 Å². The van der Waals surface area contributed by atoms with Crippen molar-refractivity contribution < 1.29 is 9.18 Å². The third-order valence-electron chi connectivity index (χ3n) is 3.29. The minimum absolute atomic E-state index is 0.0101. The summed E-state index contributed by atoms with van der Waals surface area (Å²) in [4.78, 5) is 11.8. The zero-order chi connectivity index (χ0) is 15.0. The molecule has 1 aromatic rings. The van der Waals surface area contributed by atoms with Crippen LogP contribution in [0.3, 0.4) is 0 Å². The molecule has 0 unspecified atom stereocenters. The molecular weight excluding hydrogens is 253 g/mol. The second-order valence-electron chi connectivity index (χ2n) is 4.96. The van der Waals surface area contributed by atoms with E-state index in [1.54, 1.807) is 13.0 Å². The predicted molar refractivity (Wildman–Crippen MR) is 81.4 cm³/mol. The fourth-order valence-corrected chi connectivity index (χ4v) is 2.03. The van der Waals surface area contributed by atoms with Gasteiger partial charge in [0.1, 0.15) is 5.82 Å². The molecule has 20 heavy (non-hydrogen) atoms. The molecule has 1 aromatic carbocycles. The van der Waals surface area contributed by atoms with Gasteiger partial charge in [0.2, 0.25) is 0 Å². The minimum atomic E-state index is -0.356. The van der Waals surface area contributed by atoms with Crippen molar-refractivity contribution in [1.82, 2.24) is 5.32 Å². The Morgan fingerprint density at radius 2 is 2.10 bits per heavy atom. The number of aryl methyl sites for hydroxylation is 1. The van der Waals surface area contributed by atoms with Gasteiger partial charge in [0.25, 0.3) is 0 Å². The van der Waals surface area contributed by atoms with Gasteiger partial charge in [-0.15, -0.1) is 0 Å².